The van der Waals surface area contributed by atoms with E-state index in [1.165, 1.54) is 17.9 Å². The average molecular weight is 230 g/mol. The summed E-state index contributed by atoms with van der Waals surface area (Å²) in [6, 6.07) is 0.462. The van der Waals surface area contributed by atoms with E-state index in [9.17, 15) is 4.79 Å². The Morgan fingerprint density at radius 2 is 2.33 bits per heavy atom. The van der Waals surface area contributed by atoms with Gasteiger partial charge in [-0.15, -0.1) is 0 Å². The minimum atomic E-state index is 0.181. The van der Waals surface area contributed by atoms with E-state index in [0.717, 1.165) is 13.1 Å². The van der Waals surface area contributed by atoms with Gasteiger partial charge in [-0.3, -0.25) is 4.79 Å². The molecule has 0 spiro atoms. The zero-order valence-corrected chi connectivity index (χ0v) is 10.5. The second-order valence-electron chi connectivity index (χ2n) is 4.39. The van der Waals surface area contributed by atoms with Crippen LogP contribution >= 0.6 is 11.8 Å². The van der Waals surface area contributed by atoms with E-state index >= 15 is 0 Å². The molecule has 3 nitrogen and oxygen atoms in total. The fourth-order valence-electron chi connectivity index (χ4n) is 1.57. The predicted molar refractivity (Wildman–Crippen MR) is 66.2 cm³/mol. The van der Waals surface area contributed by atoms with Crippen molar-refractivity contribution in [1.29, 1.82) is 0 Å². The quantitative estimate of drug-likeness (QED) is 0.721. The van der Waals surface area contributed by atoms with Crippen LogP contribution in [0, 0.1) is 5.92 Å². The summed E-state index contributed by atoms with van der Waals surface area (Å²) in [6.07, 6.45) is 1.85. The van der Waals surface area contributed by atoms with Crippen molar-refractivity contribution in [2.24, 2.45) is 5.92 Å². The van der Waals surface area contributed by atoms with Crippen LogP contribution in [-0.4, -0.2) is 36.5 Å². The molecule has 0 saturated carbocycles. The van der Waals surface area contributed by atoms with Gasteiger partial charge < -0.3 is 10.6 Å². The van der Waals surface area contributed by atoms with Crippen LogP contribution in [0.25, 0.3) is 0 Å². The lowest BCUT2D eigenvalue weighted by Gasteiger charge is -2.11. The number of thioether (sulfide) groups is 1. The second kappa shape index (κ2) is 7.12. The van der Waals surface area contributed by atoms with Gasteiger partial charge >= 0.3 is 0 Å². The Bertz CT molecular complexity index is 191. The topological polar surface area (TPSA) is 41.1 Å². The molecule has 1 heterocycles. The maximum atomic E-state index is 11.4. The van der Waals surface area contributed by atoms with E-state index in [2.05, 4.69) is 24.5 Å². The predicted octanol–water partition coefficient (Wildman–Crippen LogP) is 1.24. The molecule has 1 amide bonds. The van der Waals surface area contributed by atoms with Crippen LogP contribution < -0.4 is 10.6 Å². The number of carbonyl (C=O) groups is 1. The molecule has 0 aromatic heterocycles. The van der Waals surface area contributed by atoms with Crippen molar-refractivity contribution in [3.8, 4) is 0 Å². The average Bonchev–Trinajstić information content (AvgIpc) is 2.66. The molecule has 1 atom stereocenters. The molecule has 1 saturated heterocycles. The summed E-state index contributed by atoms with van der Waals surface area (Å²) in [5.74, 6) is 3.36. The molecule has 4 heteroatoms. The van der Waals surface area contributed by atoms with Gasteiger partial charge in [-0.1, -0.05) is 13.8 Å². The number of rotatable bonds is 6. The van der Waals surface area contributed by atoms with Crippen LogP contribution in [0.15, 0.2) is 0 Å². The number of amides is 1. The molecule has 1 unspecified atom stereocenters. The molecule has 0 aromatic rings. The normalized spacial score (nSPS) is 20.9. The summed E-state index contributed by atoms with van der Waals surface area (Å²) in [4.78, 5) is 11.4. The lowest BCUT2D eigenvalue weighted by molar-refractivity contribution is -0.121. The second-order valence-corrected chi connectivity index (χ2v) is 5.54. The molecule has 0 radical (unpaired) electrons. The van der Waals surface area contributed by atoms with Gasteiger partial charge in [0.2, 0.25) is 5.91 Å². The lowest BCUT2D eigenvalue weighted by atomic mass is 10.1. The summed E-state index contributed by atoms with van der Waals surface area (Å²) in [6.45, 7) is 5.83. The molecule has 0 aromatic carbocycles. The van der Waals surface area contributed by atoms with Crippen molar-refractivity contribution < 1.29 is 4.79 Å². The summed E-state index contributed by atoms with van der Waals surface area (Å²) in [5.41, 5.74) is 0. The van der Waals surface area contributed by atoms with E-state index in [-0.39, 0.29) is 5.91 Å². The largest absolute Gasteiger partial charge is 0.356 e. The summed E-state index contributed by atoms with van der Waals surface area (Å²) < 4.78 is 0. The molecule has 0 aliphatic carbocycles. The van der Waals surface area contributed by atoms with Crippen LogP contribution in [-0.2, 0) is 4.79 Å². The summed E-state index contributed by atoms with van der Waals surface area (Å²) in [7, 11) is 0. The van der Waals surface area contributed by atoms with Crippen LogP contribution in [0.4, 0.5) is 0 Å². The zero-order valence-electron chi connectivity index (χ0n) is 9.71. The number of hydrogen-bond acceptors (Lipinski definition) is 3. The van der Waals surface area contributed by atoms with Crippen LogP contribution in [0.3, 0.4) is 0 Å². The Kier molecular flexibility index (Phi) is 6.10. The van der Waals surface area contributed by atoms with E-state index in [1.807, 2.05) is 11.8 Å². The first-order valence-electron chi connectivity index (χ1n) is 5.76. The van der Waals surface area contributed by atoms with Gasteiger partial charge in [0.15, 0.2) is 0 Å². The van der Waals surface area contributed by atoms with E-state index in [4.69, 9.17) is 0 Å². The highest BCUT2D eigenvalue weighted by atomic mass is 32.2. The summed E-state index contributed by atoms with van der Waals surface area (Å²) in [5, 5.41) is 6.25. The zero-order chi connectivity index (χ0) is 11.1. The van der Waals surface area contributed by atoms with Crippen molar-refractivity contribution >= 4 is 17.7 Å². The fourth-order valence-corrected chi connectivity index (χ4v) is 2.85. The molecule has 1 aliphatic heterocycles. The van der Waals surface area contributed by atoms with Gasteiger partial charge in [0.25, 0.3) is 0 Å². The smallest absolute Gasteiger partial charge is 0.221 e. The maximum absolute atomic E-state index is 11.4. The van der Waals surface area contributed by atoms with Gasteiger partial charge in [0, 0.05) is 25.6 Å². The first-order valence-corrected chi connectivity index (χ1v) is 6.91. The first-order chi connectivity index (χ1) is 7.18. The van der Waals surface area contributed by atoms with Crippen molar-refractivity contribution in [1.82, 2.24) is 10.6 Å². The third-order valence-corrected chi connectivity index (χ3v) is 3.75. The fraction of sp³-hybridized carbons (Fsp3) is 0.909. The first kappa shape index (κ1) is 12.8. The van der Waals surface area contributed by atoms with Gasteiger partial charge in [-0.25, -0.2) is 0 Å². The molecule has 1 fully saturated rings. The Morgan fingerprint density at radius 3 is 2.93 bits per heavy atom. The molecule has 2 N–H and O–H groups in total. The highest BCUT2D eigenvalue weighted by Crippen LogP contribution is 2.22. The molecule has 1 rings (SSSR count). The van der Waals surface area contributed by atoms with Crippen molar-refractivity contribution in [2.45, 2.75) is 32.7 Å². The van der Waals surface area contributed by atoms with Gasteiger partial charge in [0.1, 0.15) is 0 Å². The van der Waals surface area contributed by atoms with Crippen molar-refractivity contribution in [3.05, 3.63) is 0 Å². The number of nitrogens with one attached hydrogen (secondary N) is 2. The molecular weight excluding hydrogens is 208 g/mol. The van der Waals surface area contributed by atoms with Gasteiger partial charge in [0.05, 0.1) is 0 Å². The molecule has 0 bridgehead atoms. The highest BCUT2D eigenvalue weighted by Gasteiger charge is 2.15. The molecule has 15 heavy (non-hydrogen) atoms. The Balaban J connectivity index is 1.98. The monoisotopic (exact) mass is 230 g/mol. The van der Waals surface area contributed by atoms with Crippen molar-refractivity contribution in [3.63, 3.8) is 0 Å². The minimum absolute atomic E-state index is 0.181. The molecule has 88 valence electrons. The Hall–Kier alpha value is -0.220. The standard InChI is InChI=1S/C11H22N2OS/c1-9(2)12-5-3-11(14)13-7-10-4-6-15-8-10/h9-10,12H,3-8H2,1-2H3,(H,13,14). The van der Waals surface area contributed by atoms with E-state index < -0.39 is 0 Å². The third kappa shape index (κ3) is 6.05. The van der Waals surface area contributed by atoms with E-state index in [1.54, 1.807) is 0 Å². The Labute approximate surface area is 96.8 Å². The number of hydrogen-bond donors (Lipinski definition) is 2. The van der Waals surface area contributed by atoms with Crippen molar-refractivity contribution in [2.75, 3.05) is 24.6 Å². The van der Waals surface area contributed by atoms with Gasteiger partial charge in [-0.05, 0) is 23.8 Å². The van der Waals surface area contributed by atoms with Crippen LogP contribution in [0.1, 0.15) is 26.7 Å². The van der Waals surface area contributed by atoms with E-state index in [0.29, 0.717) is 18.4 Å². The van der Waals surface area contributed by atoms with Crippen LogP contribution in [0.2, 0.25) is 0 Å². The van der Waals surface area contributed by atoms with Crippen LogP contribution in [0.5, 0.6) is 0 Å². The number of carbonyl (C=O) groups excluding carboxylic acids is 1. The summed E-state index contributed by atoms with van der Waals surface area (Å²) >= 11 is 1.99. The molecule has 1 aliphatic rings. The minimum Gasteiger partial charge on any atom is -0.356 e. The third-order valence-electron chi connectivity index (χ3n) is 2.52. The lowest BCUT2D eigenvalue weighted by Crippen LogP contribution is -2.33. The highest BCUT2D eigenvalue weighted by molar-refractivity contribution is 7.99. The maximum Gasteiger partial charge on any atom is 0.221 e. The SMILES string of the molecule is CC(C)NCCC(=O)NCC1CCSC1. The Morgan fingerprint density at radius 1 is 1.53 bits per heavy atom. The van der Waals surface area contributed by atoms with Gasteiger partial charge in [-0.2, -0.15) is 11.8 Å². The molecular formula is C11H22N2OS.